The number of allylic oxidation sites excluding steroid dienone is 6. The molecule has 0 aromatic carbocycles. The van der Waals surface area contributed by atoms with Crippen molar-refractivity contribution < 1.29 is 43.7 Å². The van der Waals surface area contributed by atoms with Gasteiger partial charge in [0.15, 0.2) is 0 Å². The van der Waals surface area contributed by atoms with Crippen LogP contribution in [0, 0.1) is 102 Å². The van der Waals surface area contributed by atoms with Crippen LogP contribution in [0.2, 0.25) is 0 Å². The molecule has 3 aliphatic carbocycles. The maximum atomic E-state index is 9.96. The van der Waals surface area contributed by atoms with E-state index in [9.17, 15) is 62.7 Å². The summed E-state index contributed by atoms with van der Waals surface area (Å²) in [6.45, 7) is 3.49. The van der Waals surface area contributed by atoms with Crippen molar-refractivity contribution in [3.8, 4) is 54.6 Å². The predicted octanol–water partition coefficient (Wildman–Crippen LogP) is 0.985. The fraction of sp³-hybridized carbons (Fsp3) is 0.562. The number of rotatable bonds is 30. The molecule has 0 aromatic rings. The van der Waals surface area contributed by atoms with E-state index in [2.05, 4.69) is 39.1 Å². The van der Waals surface area contributed by atoms with E-state index in [1.54, 1.807) is 0 Å². The molecule has 3 unspecified atom stereocenters. The highest BCUT2D eigenvalue weighted by Crippen LogP contribution is 2.34. The van der Waals surface area contributed by atoms with E-state index in [-0.39, 0.29) is 129 Å². The fourth-order valence-corrected chi connectivity index (χ4v) is 7.85. The van der Waals surface area contributed by atoms with Crippen molar-refractivity contribution in [3.63, 3.8) is 0 Å². The molecule has 0 aliphatic heterocycles. The molecule has 0 saturated heterocycles. The molecule has 0 heterocycles. The molecule has 368 valence electrons. The van der Waals surface area contributed by atoms with Crippen molar-refractivity contribution in [2.45, 2.75) is 56.8 Å². The summed E-state index contributed by atoms with van der Waals surface area (Å²) >= 11 is 0. The number of nitriles is 9. The zero-order valence-corrected chi connectivity index (χ0v) is 39.0. The van der Waals surface area contributed by atoms with Crippen LogP contribution in [0.5, 0.6) is 0 Å². The highest BCUT2D eigenvalue weighted by Gasteiger charge is 2.31. The molecule has 0 amide bonds. The van der Waals surface area contributed by atoms with Crippen LogP contribution < -0.4 is 16.0 Å². The van der Waals surface area contributed by atoms with Gasteiger partial charge in [0.2, 0.25) is 0 Å². The van der Waals surface area contributed by atoms with Crippen molar-refractivity contribution in [2.75, 3.05) is 119 Å². The molecule has 6 N–H and O–H groups in total. The molecule has 3 aliphatic rings. The second-order valence-electron chi connectivity index (χ2n) is 15.5. The Kier molecular flexibility index (Phi) is 27.2. The minimum absolute atomic E-state index is 0.0568. The number of aliphatic hydroxyl groups is 3. The van der Waals surface area contributed by atoms with Gasteiger partial charge in [-0.05, 0) is 0 Å². The number of nitrogens with zero attached hydrogens (tertiary/aromatic N) is 10. The molecular formula is C48H57N13O9. The van der Waals surface area contributed by atoms with Gasteiger partial charge in [-0.25, -0.2) is 0 Å². The predicted molar refractivity (Wildman–Crippen MR) is 244 cm³/mol. The van der Waals surface area contributed by atoms with Crippen LogP contribution in [0.25, 0.3) is 0 Å². The van der Waals surface area contributed by atoms with Crippen LogP contribution in [0.15, 0.2) is 67.2 Å². The summed E-state index contributed by atoms with van der Waals surface area (Å²) in [6.07, 6.45) is 0.113. The minimum Gasteiger partial charge on any atom is -0.394 e. The summed E-state index contributed by atoms with van der Waals surface area (Å²) in [7, 11) is 0. The van der Waals surface area contributed by atoms with Crippen LogP contribution in [0.1, 0.15) is 38.5 Å². The van der Waals surface area contributed by atoms with Gasteiger partial charge in [0.1, 0.15) is 71.3 Å². The second-order valence-corrected chi connectivity index (χ2v) is 15.5. The van der Waals surface area contributed by atoms with Crippen molar-refractivity contribution in [1.82, 2.24) is 20.9 Å². The third kappa shape index (κ3) is 18.1. The molecule has 0 bridgehead atoms. The molecule has 3 rings (SSSR count). The van der Waals surface area contributed by atoms with Gasteiger partial charge in [0, 0.05) is 112 Å². The molecular weight excluding hydrogens is 903 g/mol. The lowest BCUT2D eigenvalue weighted by Gasteiger charge is -2.28. The number of nitrogens with one attached hydrogen (secondary N) is 3. The molecule has 22 nitrogen and oxygen atoms in total. The van der Waals surface area contributed by atoms with Crippen LogP contribution >= 0.6 is 0 Å². The SMILES string of the molecule is N#CC(C#N)=C1CC(OCCO)CC(NCCOCCN(CCOCCNC2=C(C#N)C(=C(C#N)C#N)CC(OCCO)C2)CCOCCNC2=C(C#N)C(=C(C#N)C#N)CC(OCCO)C2)=C1C#N. The largest absolute Gasteiger partial charge is 0.394 e. The van der Waals surface area contributed by atoms with E-state index in [0.29, 0.717) is 95.4 Å². The number of ether oxygens (including phenoxy) is 6. The first-order valence-corrected chi connectivity index (χ1v) is 22.6. The van der Waals surface area contributed by atoms with Crippen LogP contribution in [0.3, 0.4) is 0 Å². The molecule has 0 saturated carbocycles. The quantitative estimate of drug-likeness (QED) is 0.0432. The van der Waals surface area contributed by atoms with Gasteiger partial charge >= 0.3 is 0 Å². The summed E-state index contributed by atoms with van der Waals surface area (Å²) in [6, 6.07) is 17.5. The molecule has 0 spiro atoms. The third-order valence-corrected chi connectivity index (χ3v) is 11.1. The first kappa shape index (κ1) is 57.2. The average molecular weight is 960 g/mol. The van der Waals surface area contributed by atoms with Crippen molar-refractivity contribution >= 4 is 0 Å². The van der Waals surface area contributed by atoms with Crippen LogP contribution in [-0.2, 0) is 28.4 Å². The van der Waals surface area contributed by atoms with Gasteiger partial charge in [-0.2, -0.15) is 47.4 Å². The van der Waals surface area contributed by atoms with Gasteiger partial charge in [0.05, 0.1) is 114 Å². The monoisotopic (exact) mass is 959 g/mol. The molecule has 70 heavy (non-hydrogen) atoms. The van der Waals surface area contributed by atoms with Gasteiger partial charge in [0.25, 0.3) is 0 Å². The smallest absolute Gasteiger partial charge is 0.134 e. The van der Waals surface area contributed by atoms with Gasteiger partial charge in [-0.3, -0.25) is 4.90 Å². The fourth-order valence-electron chi connectivity index (χ4n) is 7.85. The zero-order chi connectivity index (χ0) is 50.9. The summed E-state index contributed by atoms with van der Waals surface area (Å²) in [5.41, 5.74) is 2.46. The topological polar surface area (TPSA) is 370 Å². The Morgan fingerprint density at radius 1 is 0.414 bits per heavy atom. The number of hydrogen-bond acceptors (Lipinski definition) is 22. The Bertz CT molecular complexity index is 2070. The Hall–Kier alpha value is -7.15. The maximum absolute atomic E-state index is 9.96. The average Bonchev–Trinajstić information content (AvgIpc) is 3.38. The lowest BCUT2D eigenvalue weighted by Crippen LogP contribution is -2.36. The molecule has 3 atom stereocenters. The standard InChI is InChI=1S/C48H57N13O9/c49-25-34(26-50)40-19-37(68-16-7-62)22-46(43(40)31-55)58-1-10-65-13-4-61(5-14-66-11-2-59-47-23-38(69-17-8-63)20-41(44(47)32-56)35(27-51)28-52)6-15-67-12-3-60-48-24-39(70-18-9-64)21-42(45(48)33-57)36(29-53)30-54/h37-39,58-60,62-64H,1-24H2. The first-order chi connectivity index (χ1) is 34.2. The lowest BCUT2D eigenvalue weighted by atomic mass is 9.86. The molecule has 0 aromatic heterocycles. The van der Waals surface area contributed by atoms with Crippen LogP contribution in [-0.4, -0.2) is 157 Å². The minimum atomic E-state index is -0.453. The highest BCUT2D eigenvalue weighted by atomic mass is 16.5. The van der Waals surface area contributed by atoms with E-state index < -0.39 is 18.3 Å². The summed E-state index contributed by atoms with van der Waals surface area (Å²) in [5, 5.41) is 124. The molecule has 22 heteroatoms. The Labute approximate surface area is 408 Å². The Balaban J connectivity index is 1.63. The lowest BCUT2D eigenvalue weighted by molar-refractivity contribution is 0.0262. The van der Waals surface area contributed by atoms with E-state index in [1.807, 2.05) is 36.4 Å². The molecule has 0 radical (unpaired) electrons. The zero-order valence-electron chi connectivity index (χ0n) is 39.0. The summed E-state index contributed by atoms with van der Waals surface area (Å²) in [5.74, 6) is 0. The number of hydrogen-bond donors (Lipinski definition) is 6. The van der Waals surface area contributed by atoms with Crippen LogP contribution in [0.4, 0.5) is 0 Å². The Morgan fingerprint density at radius 2 is 0.686 bits per heavy atom. The van der Waals surface area contributed by atoms with Crippen molar-refractivity contribution in [3.05, 3.63) is 67.2 Å². The van der Waals surface area contributed by atoms with E-state index >= 15 is 0 Å². The molecule has 0 fully saturated rings. The maximum Gasteiger partial charge on any atom is 0.134 e. The normalized spacial score (nSPS) is 17.7. The number of aliphatic hydroxyl groups excluding tert-OH is 3. The van der Waals surface area contributed by atoms with Crippen molar-refractivity contribution in [2.24, 2.45) is 0 Å². The summed E-state index contributed by atoms with van der Waals surface area (Å²) < 4.78 is 35.0. The third-order valence-electron chi connectivity index (χ3n) is 11.1. The van der Waals surface area contributed by atoms with E-state index in [4.69, 9.17) is 28.4 Å². The van der Waals surface area contributed by atoms with E-state index in [0.717, 1.165) is 0 Å². The van der Waals surface area contributed by atoms with Gasteiger partial charge in [-0.1, -0.05) is 0 Å². The first-order valence-electron chi connectivity index (χ1n) is 22.6. The Morgan fingerprint density at radius 3 is 0.914 bits per heavy atom. The van der Waals surface area contributed by atoms with Gasteiger partial charge in [-0.15, -0.1) is 0 Å². The van der Waals surface area contributed by atoms with Gasteiger partial charge < -0.3 is 59.7 Å². The second kappa shape index (κ2) is 33.4. The highest BCUT2D eigenvalue weighted by molar-refractivity contribution is 5.59. The summed E-state index contributed by atoms with van der Waals surface area (Å²) in [4.78, 5) is 2.07. The van der Waals surface area contributed by atoms with E-state index in [1.165, 1.54) is 0 Å². The van der Waals surface area contributed by atoms with Crippen molar-refractivity contribution in [1.29, 1.82) is 47.4 Å².